The molecule has 2 fully saturated rings. The van der Waals surface area contributed by atoms with Crippen molar-refractivity contribution in [3.05, 3.63) is 0 Å². The lowest BCUT2D eigenvalue weighted by molar-refractivity contribution is -0.127. The second-order valence-electron chi connectivity index (χ2n) is 6.75. The van der Waals surface area contributed by atoms with Gasteiger partial charge in [-0.05, 0) is 58.4 Å². The molecule has 4 nitrogen and oxygen atoms in total. The Hall–Kier alpha value is -0.610. The molecule has 1 amide bonds. The van der Waals surface area contributed by atoms with Gasteiger partial charge < -0.3 is 16.0 Å². The summed E-state index contributed by atoms with van der Waals surface area (Å²) in [5.41, 5.74) is 5.31. The molecule has 4 heteroatoms. The Balaban J connectivity index is 2.06. The summed E-state index contributed by atoms with van der Waals surface area (Å²) in [5.74, 6) is -0.146. The topological polar surface area (TPSA) is 58.4 Å². The molecule has 20 heavy (non-hydrogen) atoms. The van der Waals surface area contributed by atoms with Crippen LogP contribution in [-0.2, 0) is 4.79 Å². The van der Waals surface area contributed by atoms with Gasteiger partial charge in [-0.25, -0.2) is 0 Å². The summed E-state index contributed by atoms with van der Waals surface area (Å²) in [6.07, 6.45) is 8.81. The third-order valence-corrected chi connectivity index (χ3v) is 5.35. The highest BCUT2D eigenvalue weighted by Gasteiger charge is 2.45. The average Bonchev–Trinajstić information content (AvgIpc) is 3.24. The maximum Gasteiger partial charge on any atom is 0.237 e. The quantitative estimate of drug-likeness (QED) is 0.750. The fourth-order valence-corrected chi connectivity index (χ4v) is 3.80. The second kappa shape index (κ2) is 6.44. The fourth-order valence-electron chi connectivity index (χ4n) is 3.80. The largest absolute Gasteiger partial charge is 0.368 e. The van der Waals surface area contributed by atoms with Crippen LogP contribution in [0.15, 0.2) is 0 Å². The highest BCUT2D eigenvalue weighted by molar-refractivity contribution is 5.85. The van der Waals surface area contributed by atoms with Gasteiger partial charge in [0.1, 0.15) is 0 Å². The predicted octanol–water partition coefficient (Wildman–Crippen LogP) is 2.03. The van der Waals surface area contributed by atoms with E-state index in [1.54, 1.807) is 0 Å². The molecule has 0 bridgehead atoms. The molecule has 0 saturated heterocycles. The van der Waals surface area contributed by atoms with Crippen LogP contribution in [-0.4, -0.2) is 41.5 Å². The maximum absolute atomic E-state index is 12.1. The van der Waals surface area contributed by atoms with E-state index in [-0.39, 0.29) is 5.91 Å². The molecule has 0 aromatic rings. The Bertz CT molecular complexity index is 339. The van der Waals surface area contributed by atoms with E-state index in [0.29, 0.717) is 18.1 Å². The summed E-state index contributed by atoms with van der Waals surface area (Å²) in [5, 5.41) is 3.56. The van der Waals surface area contributed by atoms with Gasteiger partial charge in [0.2, 0.25) is 5.91 Å². The summed E-state index contributed by atoms with van der Waals surface area (Å²) in [6.45, 7) is 4.49. The molecule has 0 aromatic carbocycles. The zero-order chi connectivity index (χ0) is 14.8. The van der Waals surface area contributed by atoms with Crippen LogP contribution < -0.4 is 11.1 Å². The molecule has 0 spiro atoms. The Kier molecular flexibility index (Phi) is 5.08. The van der Waals surface area contributed by atoms with E-state index in [1.807, 2.05) is 0 Å². The summed E-state index contributed by atoms with van der Waals surface area (Å²) in [6, 6.07) is 1.62. The summed E-state index contributed by atoms with van der Waals surface area (Å²) in [4.78, 5) is 14.5. The van der Waals surface area contributed by atoms with Crippen LogP contribution in [0.3, 0.4) is 0 Å². The van der Waals surface area contributed by atoms with Crippen LogP contribution in [0.5, 0.6) is 0 Å². The van der Waals surface area contributed by atoms with E-state index >= 15 is 0 Å². The Morgan fingerprint density at radius 2 is 2.00 bits per heavy atom. The smallest absolute Gasteiger partial charge is 0.237 e. The zero-order valence-electron chi connectivity index (χ0n) is 13.3. The predicted molar refractivity (Wildman–Crippen MR) is 82.5 cm³/mol. The second-order valence-corrected chi connectivity index (χ2v) is 6.75. The first-order valence-electron chi connectivity index (χ1n) is 8.32. The van der Waals surface area contributed by atoms with Crippen molar-refractivity contribution < 1.29 is 4.79 Å². The Morgan fingerprint density at radius 3 is 2.50 bits per heavy atom. The van der Waals surface area contributed by atoms with Crippen molar-refractivity contribution in [1.82, 2.24) is 10.2 Å². The van der Waals surface area contributed by atoms with Gasteiger partial charge in [-0.3, -0.25) is 4.79 Å². The first-order valence-corrected chi connectivity index (χ1v) is 8.32. The SMILES string of the molecule is CCC(CC)N(C)C1CCCC(NC2CC2)(C(N)=O)C1. The minimum atomic E-state index is -0.454. The minimum absolute atomic E-state index is 0.146. The third-order valence-electron chi connectivity index (χ3n) is 5.35. The van der Waals surface area contributed by atoms with Crippen molar-refractivity contribution >= 4 is 5.91 Å². The normalized spacial score (nSPS) is 30.9. The van der Waals surface area contributed by atoms with Gasteiger partial charge in [0.15, 0.2) is 0 Å². The van der Waals surface area contributed by atoms with Gasteiger partial charge in [0.05, 0.1) is 5.54 Å². The Morgan fingerprint density at radius 1 is 1.35 bits per heavy atom. The number of rotatable bonds is 7. The molecule has 2 saturated carbocycles. The van der Waals surface area contributed by atoms with Crippen molar-refractivity contribution in [2.24, 2.45) is 5.73 Å². The van der Waals surface area contributed by atoms with E-state index in [0.717, 1.165) is 19.3 Å². The first kappa shape index (κ1) is 15.8. The van der Waals surface area contributed by atoms with E-state index in [4.69, 9.17) is 5.73 Å². The number of nitrogens with zero attached hydrogens (tertiary/aromatic N) is 1. The molecular formula is C16H31N3O. The number of nitrogens with two attached hydrogens (primary N) is 1. The van der Waals surface area contributed by atoms with Crippen molar-refractivity contribution in [1.29, 1.82) is 0 Å². The number of carbonyl (C=O) groups is 1. The van der Waals surface area contributed by atoms with Gasteiger partial charge in [-0.15, -0.1) is 0 Å². The van der Waals surface area contributed by atoms with Crippen molar-refractivity contribution in [3.63, 3.8) is 0 Å². The highest BCUT2D eigenvalue weighted by atomic mass is 16.1. The van der Waals surface area contributed by atoms with E-state index in [2.05, 4.69) is 31.1 Å². The van der Waals surface area contributed by atoms with Crippen molar-refractivity contribution in [3.8, 4) is 0 Å². The number of hydrogen-bond acceptors (Lipinski definition) is 3. The van der Waals surface area contributed by atoms with Crippen LogP contribution in [0.1, 0.15) is 65.2 Å². The summed E-state index contributed by atoms with van der Waals surface area (Å²) in [7, 11) is 2.22. The molecule has 3 N–H and O–H groups in total. The van der Waals surface area contributed by atoms with Crippen LogP contribution >= 0.6 is 0 Å². The van der Waals surface area contributed by atoms with Crippen LogP contribution in [0.25, 0.3) is 0 Å². The van der Waals surface area contributed by atoms with Gasteiger partial charge in [-0.2, -0.15) is 0 Å². The van der Waals surface area contributed by atoms with Crippen LogP contribution in [0, 0.1) is 0 Å². The number of primary amides is 1. The molecule has 0 aliphatic heterocycles. The van der Waals surface area contributed by atoms with Gasteiger partial charge in [-0.1, -0.05) is 13.8 Å². The minimum Gasteiger partial charge on any atom is -0.368 e. The molecule has 2 aliphatic rings. The number of carbonyl (C=O) groups excluding carboxylic acids is 1. The molecule has 2 rings (SSSR count). The average molecular weight is 281 g/mol. The van der Waals surface area contributed by atoms with Crippen LogP contribution in [0.2, 0.25) is 0 Å². The van der Waals surface area contributed by atoms with E-state index in [1.165, 1.54) is 32.1 Å². The number of amides is 1. The molecule has 0 aromatic heterocycles. The number of hydrogen-bond donors (Lipinski definition) is 2. The molecule has 2 unspecified atom stereocenters. The number of nitrogens with one attached hydrogen (secondary N) is 1. The van der Waals surface area contributed by atoms with Gasteiger partial charge in [0, 0.05) is 18.1 Å². The van der Waals surface area contributed by atoms with Crippen LogP contribution in [0.4, 0.5) is 0 Å². The maximum atomic E-state index is 12.1. The monoisotopic (exact) mass is 281 g/mol. The fraction of sp³-hybridized carbons (Fsp3) is 0.938. The van der Waals surface area contributed by atoms with Gasteiger partial charge >= 0.3 is 0 Å². The lowest BCUT2D eigenvalue weighted by Gasteiger charge is -2.44. The third kappa shape index (κ3) is 3.34. The summed E-state index contributed by atoms with van der Waals surface area (Å²) >= 11 is 0. The molecule has 2 atom stereocenters. The Labute approximate surface area is 123 Å². The first-order chi connectivity index (χ1) is 9.52. The molecule has 0 heterocycles. The lowest BCUT2D eigenvalue weighted by atomic mass is 9.77. The zero-order valence-corrected chi connectivity index (χ0v) is 13.3. The van der Waals surface area contributed by atoms with Gasteiger partial charge in [0.25, 0.3) is 0 Å². The standard InChI is InChI=1S/C16H31N3O/c1-4-13(5-2)19(3)14-7-6-10-16(11-14,15(17)20)18-12-8-9-12/h12-14,18H,4-11H2,1-3H3,(H2,17,20). The molecule has 116 valence electrons. The molecule has 0 radical (unpaired) electrons. The molecular weight excluding hydrogens is 250 g/mol. The van der Waals surface area contributed by atoms with Crippen molar-refractivity contribution in [2.45, 2.75) is 88.9 Å². The lowest BCUT2D eigenvalue weighted by Crippen LogP contribution is -2.61. The summed E-state index contributed by atoms with van der Waals surface area (Å²) < 4.78 is 0. The van der Waals surface area contributed by atoms with E-state index < -0.39 is 5.54 Å². The van der Waals surface area contributed by atoms with E-state index in [9.17, 15) is 4.79 Å². The molecule has 2 aliphatic carbocycles. The van der Waals surface area contributed by atoms with Crippen molar-refractivity contribution in [2.75, 3.05) is 7.05 Å². The highest BCUT2D eigenvalue weighted by Crippen LogP contribution is 2.35.